The Hall–Kier alpha value is -3.21. The van der Waals surface area contributed by atoms with Crippen LogP contribution < -0.4 is 5.32 Å². The van der Waals surface area contributed by atoms with E-state index in [9.17, 15) is 4.79 Å². The van der Waals surface area contributed by atoms with Crippen molar-refractivity contribution in [3.8, 4) is 11.1 Å². The second-order valence-corrected chi connectivity index (χ2v) is 9.11. The number of likely N-dealkylation sites (tertiary alicyclic amines) is 1. The van der Waals surface area contributed by atoms with E-state index in [1.807, 2.05) is 73.8 Å². The van der Waals surface area contributed by atoms with E-state index < -0.39 is 0 Å². The number of nitrogens with one attached hydrogen (secondary N) is 1. The van der Waals surface area contributed by atoms with Gasteiger partial charge in [-0.2, -0.15) is 0 Å². The maximum Gasteiger partial charge on any atom is 0.255 e. The van der Waals surface area contributed by atoms with E-state index in [2.05, 4.69) is 16.3 Å². The molecule has 1 aliphatic rings. The fourth-order valence-electron chi connectivity index (χ4n) is 4.47. The van der Waals surface area contributed by atoms with Gasteiger partial charge in [0.2, 0.25) is 0 Å². The minimum Gasteiger partial charge on any atom is -0.322 e. The standard InChI is InChI=1S/C28H26ClN3O/c1-19-26(13-10-24-16-20(17-30-27(19)24)18-32-14-2-3-15-32)31-28(33)23-6-4-21(5-7-23)22-8-11-25(29)12-9-22/h4-13,16-17H,2-3,14-15,18H2,1H3,(H,31,33). The first-order valence-corrected chi connectivity index (χ1v) is 11.7. The molecule has 166 valence electrons. The molecular weight excluding hydrogens is 430 g/mol. The topological polar surface area (TPSA) is 45.2 Å². The van der Waals surface area contributed by atoms with Crippen molar-refractivity contribution in [3.63, 3.8) is 0 Å². The average molecular weight is 456 g/mol. The Labute approximate surface area is 199 Å². The minimum atomic E-state index is -0.134. The number of halogens is 1. The fraction of sp³-hybridized carbons (Fsp3) is 0.214. The van der Waals surface area contributed by atoms with Gasteiger partial charge in [0.05, 0.1) is 5.52 Å². The van der Waals surface area contributed by atoms with Gasteiger partial charge in [-0.15, -0.1) is 0 Å². The summed E-state index contributed by atoms with van der Waals surface area (Å²) in [5.41, 5.74) is 6.64. The second kappa shape index (κ2) is 9.34. The molecule has 0 unspecified atom stereocenters. The highest BCUT2D eigenvalue weighted by molar-refractivity contribution is 6.30. The van der Waals surface area contributed by atoms with Crippen molar-refractivity contribution < 1.29 is 4.79 Å². The molecule has 2 heterocycles. The first kappa shape index (κ1) is 21.6. The summed E-state index contributed by atoms with van der Waals surface area (Å²) >= 11 is 5.97. The lowest BCUT2D eigenvalue weighted by Gasteiger charge is -2.15. The molecule has 3 aromatic carbocycles. The molecule has 33 heavy (non-hydrogen) atoms. The molecule has 5 heteroatoms. The van der Waals surface area contributed by atoms with Crippen LogP contribution in [0, 0.1) is 6.92 Å². The van der Waals surface area contributed by atoms with Gasteiger partial charge in [0, 0.05) is 34.4 Å². The highest BCUT2D eigenvalue weighted by atomic mass is 35.5. The van der Waals surface area contributed by atoms with Gasteiger partial charge in [0.15, 0.2) is 0 Å². The fourth-order valence-corrected chi connectivity index (χ4v) is 4.59. The van der Waals surface area contributed by atoms with E-state index in [-0.39, 0.29) is 5.91 Å². The molecule has 0 spiro atoms. The number of benzene rings is 3. The van der Waals surface area contributed by atoms with E-state index in [0.29, 0.717) is 10.6 Å². The van der Waals surface area contributed by atoms with Crippen LogP contribution in [0.4, 0.5) is 5.69 Å². The molecule has 4 aromatic rings. The van der Waals surface area contributed by atoms with Crippen molar-refractivity contribution in [2.24, 2.45) is 0 Å². The van der Waals surface area contributed by atoms with Gasteiger partial charge in [-0.3, -0.25) is 14.7 Å². The van der Waals surface area contributed by atoms with E-state index in [1.54, 1.807) is 0 Å². The number of aryl methyl sites for hydroxylation is 1. The zero-order valence-electron chi connectivity index (χ0n) is 18.6. The van der Waals surface area contributed by atoms with Crippen LogP contribution in [0.25, 0.3) is 22.0 Å². The van der Waals surface area contributed by atoms with Gasteiger partial charge >= 0.3 is 0 Å². The summed E-state index contributed by atoms with van der Waals surface area (Å²) in [6, 6.07) is 21.5. The predicted molar refractivity (Wildman–Crippen MR) is 136 cm³/mol. The zero-order chi connectivity index (χ0) is 22.8. The normalized spacial score (nSPS) is 14.0. The lowest BCUT2D eigenvalue weighted by atomic mass is 10.0. The zero-order valence-corrected chi connectivity index (χ0v) is 19.4. The molecule has 0 bridgehead atoms. The number of fused-ring (bicyclic) bond motifs is 1. The Morgan fingerprint density at radius 1 is 0.970 bits per heavy atom. The van der Waals surface area contributed by atoms with Gasteiger partial charge < -0.3 is 5.32 Å². The number of pyridine rings is 1. The number of amides is 1. The van der Waals surface area contributed by atoms with Crippen molar-refractivity contribution in [1.82, 2.24) is 9.88 Å². The number of hydrogen-bond donors (Lipinski definition) is 1. The third kappa shape index (κ3) is 4.77. The van der Waals surface area contributed by atoms with Crippen LogP contribution in [0.2, 0.25) is 5.02 Å². The third-order valence-electron chi connectivity index (χ3n) is 6.34. The maximum absolute atomic E-state index is 12.9. The lowest BCUT2D eigenvalue weighted by Crippen LogP contribution is -2.18. The Balaban J connectivity index is 1.32. The van der Waals surface area contributed by atoms with Gasteiger partial charge in [-0.25, -0.2) is 0 Å². The number of carbonyl (C=O) groups excluding carboxylic acids is 1. The van der Waals surface area contributed by atoms with Crippen LogP contribution in [0.1, 0.15) is 34.3 Å². The maximum atomic E-state index is 12.9. The van der Waals surface area contributed by atoms with Crippen LogP contribution in [0.15, 0.2) is 72.9 Å². The largest absolute Gasteiger partial charge is 0.322 e. The molecule has 1 aliphatic heterocycles. The Morgan fingerprint density at radius 3 is 2.33 bits per heavy atom. The monoisotopic (exact) mass is 455 g/mol. The quantitative estimate of drug-likeness (QED) is 0.363. The van der Waals surface area contributed by atoms with Gasteiger partial charge in [0.1, 0.15) is 0 Å². The predicted octanol–water partition coefficient (Wildman–Crippen LogP) is 6.71. The van der Waals surface area contributed by atoms with Crippen molar-refractivity contribution in [2.45, 2.75) is 26.3 Å². The van der Waals surface area contributed by atoms with Gasteiger partial charge in [-0.05, 0) is 91.5 Å². The second-order valence-electron chi connectivity index (χ2n) is 8.68. The molecule has 1 fully saturated rings. The van der Waals surface area contributed by atoms with Gasteiger partial charge in [-0.1, -0.05) is 41.9 Å². The van der Waals surface area contributed by atoms with E-state index in [1.165, 1.54) is 31.5 Å². The molecule has 0 atom stereocenters. The van der Waals surface area contributed by atoms with E-state index in [4.69, 9.17) is 16.6 Å². The Morgan fingerprint density at radius 2 is 1.64 bits per heavy atom. The van der Waals surface area contributed by atoms with Crippen molar-refractivity contribution in [2.75, 3.05) is 18.4 Å². The van der Waals surface area contributed by atoms with Crippen molar-refractivity contribution in [1.29, 1.82) is 0 Å². The lowest BCUT2D eigenvalue weighted by molar-refractivity contribution is 0.102. The highest BCUT2D eigenvalue weighted by Crippen LogP contribution is 2.27. The summed E-state index contributed by atoms with van der Waals surface area (Å²) < 4.78 is 0. The molecular formula is C28H26ClN3O. The number of hydrogen-bond acceptors (Lipinski definition) is 3. The molecule has 1 N–H and O–H groups in total. The van der Waals surface area contributed by atoms with Crippen LogP contribution in [-0.4, -0.2) is 28.9 Å². The molecule has 4 nitrogen and oxygen atoms in total. The summed E-state index contributed by atoms with van der Waals surface area (Å²) in [6.45, 7) is 5.30. The van der Waals surface area contributed by atoms with Crippen LogP contribution in [0.5, 0.6) is 0 Å². The smallest absolute Gasteiger partial charge is 0.255 e. The SMILES string of the molecule is Cc1c(NC(=O)c2ccc(-c3ccc(Cl)cc3)cc2)ccc2cc(CN3CCCC3)cnc12. The van der Waals surface area contributed by atoms with Crippen LogP contribution in [0.3, 0.4) is 0 Å². The van der Waals surface area contributed by atoms with Crippen LogP contribution >= 0.6 is 11.6 Å². The molecule has 0 saturated carbocycles. The van der Waals surface area contributed by atoms with E-state index >= 15 is 0 Å². The number of aromatic nitrogens is 1. The molecule has 1 aromatic heterocycles. The summed E-state index contributed by atoms with van der Waals surface area (Å²) in [6.07, 6.45) is 4.54. The average Bonchev–Trinajstić information content (AvgIpc) is 3.34. The highest BCUT2D eigenvalue weighted by Gasteiger charge is 2.14. The summed E-state index contributed by atoms with van der Waals surface area (Å²) in [4.78, 5) is 20.1. The Kier molecular flexibility index (Phi) is 6.12. The third-order valence-corrected chi connectivity index (χ3v) is 6.59. The number of rotatable bonds is 5. The molecule has 0 aliphatic carbocycles. The summed E-state index contributed by atoms with van der Waals surface area (Å²) in [5, 5.41) is 4.87. The first-order chi connectivity index (χ1) is 16.1. The van der Waals surface area contributed by atoms with Crippen molar-refractivity contribution >= 4 is 34.1 Å². The molecule has 5 rings (SSSR count). The Bertz CT molecular complexity index is 1290. The molecule has 1 saturated heterocycles. The van der Waals surface area contributed by atoms with Crippen LogP contribution in [-0.2, 0) is 6.54 Å². The number of carbonyl (C=O) groups is 1. The van der Waals surface area contributed by atoms with Gasteiger partial charge in [0.25, 0.3) is 5.91 Å². The molecule has 1 amide bonds. The summed E-state index contributed by atoms with van der Waals surface area (Å²) in [5.74, 6) is -0.134. The van der Waals surface area contributed by atoms with Crippen molar-refractivity contribution in [3.05, 3.63) is 94.6 Å². The number of anilines is 1. The first-order valence-electron chi connectivity index (χ1n) is 11.3. The summed E-state index contributed by atoms with van der Waals surface area (Å²) in [7, 11) is 0. The minimum absolute atomic E-state index is 0.134. The van der Waals surface area contributed by atoms with E-state index in [0.717, 1.165) is 39.8 Å². The molecule has 0 radical (unpaired) electrons. The number of nitrogens with zero attached hydrogens (tertiary/aromatic N) is 2.